The first-order valence-electron chi connectivity index (χ1n) is 0.966. The fourth-order valence-electron chi connectivity index (χ4n) is 0. The number of carboxylic acids is 1. The van der Waals surface area contributed by atoms with E-state index in [0.717, 1.165) is 0 Å². The van der Waals surface area contributed by atoms with Crippen LogP contribution < -0.4 is 0 Å². The molecule has 0 heterocycles. The van der Waals surface area contributed by atoms with Gasteiger partial charge in [0.15, 0.2) is 0 Å². The average Bonchev–Trinajstić information content (AvgIpc) is 1.38. The molecule has 0 aliphatic heterocycles. The molecule has 0 aliphatic carbocycles. The monoisotopic (exact) mass is 172 g/mol. The van der Waals surface area contributed by atoms with Gasteiger partial charge in [0.2, 0.25) is 0 Å². The molecule has 0 saturated heterocycles. The third kappa shape index (κ3) is 9.41. The molecule has 0 spiro atoms. The van der Waals surface area contributed by atoms with Gasteiger partial charge in [0.05, 0.1) is 0 Å². The molecule has 0 rings (SSSR count). The Morgan fingerprint density at radius 1 is 1.83 bits per heavy atom. The largest absolute Gasteiger partial charge is 0.472 e. The Morgan fingerprint density at radius 3 is 2.00 bits per heavy atom. The number of terminal acetylenes is 1. The fourth-order valence-corrected chi connectivity index (χ4v) is 0. The maximum atomic E-state index is 9.13. The third-order valence-electron chi connectivity index (χ3n) is 0.123. The van der Waals surface area contributed by atoms with E-state index in [9.17, 15) is 0 Å². The maximum Gasteiger partial charge on any atom is 0.381 e. The van der Waals surface area contributed by atoms with Crippen LogP contribution in [-0.4, -0.2) is 11.1 Å². The van der Waals surface area contributed by atoms with E-state index in [1.165, 1.54) is 5.92 Å². The molecule has 3 heteroatoms. The van der Waals surface area contributed by atoms with Gasteiger partial charge in [-0.15, -0.1) is 6.42 Å². The first-order valence-corrected chi connectivity index (χ1v) is 0.966. The second kappa shape index (κ2) is 4.65. The van der Waals surface area contributed by atoms with Crippen LogP contribution in [0, 0.1) is 12.3 Å². The van der Waals surface area contributed by atoms with Gasteiger partial charge in [0.25, 0.3) is 0 Å². The standard InChI is InChI=1S/C3H2O2.Ru/c1-2-3(4)5;/h1H,(H,4,5);. The van der Waals surface area contributed by atoms with Gasteiger partial charge in [-0.3, -0.25) is 0 Å². The van der Waals surface area contributed by atoms with Gasteiger partial charge in [-0.2, -0.15) is 0 Å². The molecule has 0 aromatic rings. The molecule has 0 atom stereocenters. The van der Waals surface area contributed by atoms with E-state index in [1.807, 2.05) is 0 Å². The number of aliphatic carboxylic acids is 1. The number of hydrogen-bond donors (Lipinski definition) is 1. The molecule has 0 amide bonds. The molecule has 0 unspecified atom stereocenters. The van der Waals surface area contributed by atoms with E-state index in [2.05, 4.69) is 6.42 Å². The van der Waals surface area contributed by atoms with Gasteiger partial charge in [0, 0.05) is 25.4 Å². The van der Waals surface area contributed by atoms with Crippen molar-refractivity contribution in [2.24, 2.45) is 0 Å². The van der Waals surface area contributed by atoms with Crippen molar-refractivity contribution in [3.8, 4) is 12.3 Å². The number of hydrogen-bond acceptors (Lipinski definition) is 1. The predicted octanol–water partition coefficient (Wildman–Crippen LogP) is -0.298. The van der Waals surface area contributed by atoms with Crippen molar-refractivity contribution in [3.05, 3.63) is 0 Å². The van der Waals surface area contributed by atoms with Crippen LogP contribution in [0.3, 0.4) is 0 Å². The van der Waals surface area contributed by atoms with Gasteiger partial charge in [-0.25, -0.2) is 4.79 Å². The second-order valence-electron chi connectivity index (χ2n) is 0.449. The van der Waals surface area contributed by atoms with E-state index in [4.69, 9.17) is 9.90 Å². The van der Waals surface area contributed by atoms with E-state index < -0.39 is 5.97 Å². The van der Waals surface area contributed by atoms with Crippen molar-refractivity contribution >= 4 is 5.97 Å². The van der Waals surface area contributed by atoms with Crippen molar-refractivity contribution in [2.45, 2.75) is 0 Å². The van der Waals surface area contributed by atoms with Crippen molar-refractivity contribution in [1.82, 2.24) is 0 Å². The minimum absolute atomic E-state index is 0. The zero-order valence-corrected chi connectivity index (χ0v) is 4.52. The maximum absolute atomic E-state index is 9.13. The summed E-state index contributed by atoms with van der Waals surface area (Å²) in [6.07, 6.45) is 4.32. The summed E-state index contributed by atoms with van der Waals surface area (Å²) < 4.78 is 0. The number of rotatable bonds is 0. The van der Waals surface area contributed by atoms with Crippen LogP contribution in [-0.2, 0) is 24.3 Å². The Balaban J connectivity index is 0. The minimum atomic E-state index is -1.22. The Kier molecular flexibility index (Phi) is 7.11. The van der Waals surface area contributed by atoms with Gasteiger partial charge < -0.3 is 5.11 Å². The van der Waals surface area contributed by atoms with Gasteiger partial charge in [-0.05, 0) is 0 Å². The minimum Gasteiger partial charge on any atom is -0.472 e. The van der Waals surface area contributed by atoms with E-state index in [1.54, 1.807) is 0 Å². The molecule has 0 fully saturated rings. The van der Waals surface area contributed by atoms with Crippen LogP contribution >= 0.6 is 0 Å². The molecule has 0 aromatic heterocycles. The zero-order valence-electron chi connectivity index (χ0n) is 2.79. The topological polar surface area (TPSA) is 37.3 Å². The first kappa shape index (κ1) is 9.17. The van der Waals surface area contributed by atoms with E-state index >= 15 is 0 Å². The molecule has 0 bridgehead atoms. The summed E-state index contributed by atoms with van der Waals surface area (Å²) in [4.78, 5) is 9.13. The third-order valence-corrected chi connectivity index (χ3v) is 0.123. The van der Waals surface area contributed by atoms with Gasteiger partial charge in [0.1, 0.15) is 0 Å². The van der Waals surface area contributed by atoms with Crippen LogP contribution in [0.5, 0.6) is 0 Å². The van der Waals surface area contributed by atoms with Crippen molar-refractivity contribution in [1.29, 1.82) is 0 Å². The van der Waals surface area contributed by atoms with Crippen molar-refractivity contribution in [2.75, 3.05) is 0 Å². The number of carbonyl (C=O) groups is 1. The zero-order chi connectivity index (χ0) is 4.28. The smallest absolute Gasteiger partial charge is 0.381 e. The van der Waals surface area contributed by atoms with Crippen LogP contribution in [0.2, 0.25) is 0 Å². The van der Waals surface area contributed by atoms with Crippen LogP contribution in [0.1, 0.15) is 0 Å². The first-order chi connectivity index (χ1) is 2.27. The van der Waals surface area contributed by atoms with Crippen molar-refractivity contribution < 1.29 is 29.4 Å². The molecule has 0 aromatic carbocycles. The Labute approximate surface area is 48.3 Å². The van der Waals surface area contributed by atoms with E-state index in [-0.39, 0.29) is 19.5 Å². The van der Waals surface area contributed by atoms with Crippen molar-refractivity contribution in [3.63, 3.8) is 0 Å². The average molecular weight is 171 g/mol. The molecule has 34 valence electrons. The summed E-state index contributed by atoms with van der Waals surface area (Å²) in [5.41, 5.74) is 0. The summed E-state index contributed by atoms with van der Waals surface area (Å²) in [6, 6.07) is 0. The molecule has 0 aliphatic rings. The Morgan fingerprint density at radius 2 is 2.00 bits per heavy atom. The molecule has 6 heavy (non-hydrogen) atoms. The van der Waals surface area contributed by atoms with Crippen LogP contribution in [0.25, 0.3) is 0 Å². The molecule has 0 radical (unpaired) electrons. The molecule has 2 nitrogen and oxygen atoms in total. The summed E-state index contributed by atoms with van der Waals surface area (Å²) in [5, 5.41) is 7.49. The Bertz CT molecular complexity index is 81.3. The quantitative estimate of drug-likeness (QED) is 0.401. The summed E-state index contributed by atoms with van der Waals surface area (Å²) >= 11 is 0. The molecular formula is C3H2O2Ru. The van der Waals surface area contributed by atoms with Crippen LogP contribution in [0.15, 0.2) is 0 Å². The predicted molar refractivity (Wildman–Crippen MR) is 16.5 cm³/mol. The Hall–Kier alpha value is -0.347. The summed E-state index contributed by atoms with van der Waals surface area (Å²) in [5.74, 6) is 0.227. The summed E-state index contributed by atoms with van der Waals surface area (Å²) in [7, 11) is 0. The van der Waals surface area contributed by atoms with E-state index in [0.29, 0.717) is 0 Å². The number of carboxylic acid groups (broad SMARTS) is 1. The fraction of sp³-hybridized carbons (Fsp3) is 0. The van der Waals surface area contributed by atoms with Gasteiger partial charge in [-0.1, -0.05) is 0 Å². The molecule has 1 N–H and O–H groups in total. The second-order valence-corrected chi connectivity index (χ2v) is 0.449. The summed E-state index contributed by atoms with van der Waals surface area (Å²) in [6.45, 7) is 0. The molecule has 0 saturated carbocycles. The van der Waals surface area contributed by atoms with Crippen LogP contribution in [0.4, 0.5) is 0 Å². The normalized spacial score (nSPS) is 4.50. The SMILES string of the molecule is C#CC(=O)O.[Ru]. The molecular weight excluding hydrogens is 169 g/mol. The van der Waals surface area contributed by atoms with Gasteiger partial charge >= 0.3 is 5.97 Å².